The van der Waals surface area contributed by atoms with Gasteiger partial charge in [0.1, 0.15) is 5.56 Å². The Morgan fingerprint density at radius 3 is 2.73 bits per heavy atom. The van der Waals surface area contributed by atoms with Gasteiger partial charge in [-0.15, -0.1) is 11.8 Å². The van der Waals surface area contributed by atoms with Crippen molar-refractivity contribution in [2.75, 3.05) is 19.3 Å². The van der Waals surface area contributed by atoms with Crippen LogP contribution >= 0.6 is 11.8 Å². The fourth-order valence-electron chi connectivity index (χ4n) is 2.69. The number of nitro groups is 1. The number of carbonyl (C=O) groups excluding carboxylic acids is 1. The maximum atomic E-state index is 12.8. The summed E-state index contributed by atoms with van der Waals surface area (Å²) in [4.78, 5) is 26.0. The van der Waals surface area contributed by atoms with Gasteiger partial charge in [0.05, 0.1) is 4.92 Å². The summed E-state index contributed by atoms with van der Waals surface area (Å²) in [7, 11) is 0. The van der Waals surface area contributed by atoms with Crippen LogP contribution in [0, 0.1) is 15.5 Å². The molecule has 2 N–H and O–H groups in total. The maximum absolute atomic E-state index is 12.8. The Balaban J connectivity index is 2.34. The number of nitro benzene ring substituents is 1. The monoisotopic (exact) mass is 323 g/mol. The summed E-state index contributed by atoms with van der Waals surface area (Å²) in [6.45, 7) is 5.07. The van der Waals surface area contributed by atoms with Gasteiger partial charge in [-0.05, 0) is 30.2 Å². The highest BCUT2D eigenvalue weighted by Crippen LogP contribution is 2.31. The minimum Gasteiger partial charge on any atom is -0.338 e. The predicted molar refractivity (Wildman–Crippen MR) is 87.2 cm³/mol. The standard InChI is InChI=1S/C15H21N3O3S/c1-15(2)9-17(7-6-13(15)16)14(19)11-8-10(22-3)4-5-12(11)18(20)21/h4-5,8,13H,6-7,9,16H2,1-3H3. The van der Waals surface area contributed by atoms with E-state index in [1.54, 1.807) is 17.0 Å². The summed E-state index contributed by atoms with van der Waals surface area (Å²) >= 11 is 1.45. The zero-order valence-corrected chi connectivity index (χ0v) is 13.9. The molecule has 0 bridgehead atoms. The number of amides is 1. The molecule has 0 spiro atoms. The van der Waals surface area contributed by atoms with Gasteiger partial charge in [0, 0.05) is 30.1 Å². The second-order valence-electron chi connectivity index (χ2n) is 6.25. The van der Waals surface area contributed by atoms with E-state index in [2.05, 4.69) is 0 Å². The first-order valence-corrected chi connectivity index (χ1v) is 8.36. The zero-order chi connectivity index (χ0) is 16.5. The van der Waals surface area contributed by atoms with E-state index in [1.807, 2.05) is 20.1 Å². The summed E-state index contributed by atoms with van der Waals surface area (Å²) in [5.74, 6) is -0.289. The van der Waals surface area contributed by atoms with Gasteiger partial charge in [-0.25, -0.2) is 0 Å². The summed E-state index contributed by atoms with van der Waals surface area (Å²) in [5, 5.41) is 11.2. The Bertz CT molecular complexity index is 604. The van der Waals surface area contributed by atoms with E-state index in [4.69, 9.17) is 5.73 Å². The van der Waals surface area contributed by atoms with Crippen LogP contribution in [-0.2, 0) is 0 Å². The van der Waals surface area contributed by atoms with Crippen molar-refractivity contribution in [2.24, 2.45) is 11.1 Å². The lowest BCUT2D eigenvalue weighted by atomic mass is 9.79. The predicted octanol–water partition coefficient (Wildman–Crippen LogP) is 2.52. The van der Waals surface area contributed by atoms with Gasteiger partial charge < -0.3 is 10.6 Å². The summed E-state index contributed by atoms with van der Waals surface area (Å²) in [5.41, 5.74) is 5.91. The number of hydrogen-bond acceptors (Lipinski definition) is 5. The van der Waals surface area contributed by atoms with Crippen molar-refractivity contribution in [3.05, 3.63) is 33.9 Å². The largest absolute Gasteiger partial charge is 0.338 e. The smallest absolute Gasteiger partial charge is 0.282 e. The lowest BCUT2D eigenvalue weighted by Gasteiger charge is -2.42. The minimum absolute atomic E-state index is 0.0315. The highest BCUT2D eigenvalue weighted by atomic mass is 32.2. The lowest BCUT2D eigenvalue weighted by molar-refractivity contribution is -0.385. The molecule has 1 aromatic carbocycles. The van der Waals surface area contributed by atoms with E-state index in [1.165, 1.54) is 17.8 Å². The molecule has 7 heteroatoms. The molecular weight excluding hydrogens is 302 g/mol. The number of hydrogen-bond donors (Lipinski definition) is 1. The molecule has 0 radical (unpaired) electrons. The third-order valence-electron chi connectivity index (χ3n) is 4.23. The number of likely N-dealkylation sites (tertiary alicyclic amines) is 1. The Kier molecular flexibility index (Phi) is 4.77. The fraction of sp³-hybridized carbons (Fsp3) is 0.533. The number of nitrogens with zero attached hydrogens (tertiary/aromatic N) is 2. The van der Waals surface area contributed by atoms with Crippen molar-refractivity contribution in [3.8, 4) is 0 Å². The highest BCUT2D eigenvalue weighted by Gasteiger charge is 2.37. The molecule has 1 unspecified atom stereocenters. The molecule has 0 saturated carbocycles. The lowest BCUT2D eigenvalue weighted by Crippen LogP contribution is -2.54. The molecule has 2 rings (SSSR count). The van der Waals surface area contributed by atoms with Crippen molar-refractivity contribution >= 4 is 23.4 Å². The van der Waals surface area contributed by atoms with Crippen molar-refractivity contribution in [3.63, 3.8) is 0 Å². The second-order valence-corrected chi connectivity index (χ2v) is 7.13. The number of benzene rings is 1. The van der Waals surface area contributed by atoms with Gasteiger partial charge >= 0.3 is 0 Å². The van der Waals surface area contributed by atoms with E-state index < -0.39 is 4.92 Å². The van der Waals surface area contributed by atoms with E-state index in [-0.39, 0.29) is 28.6 Å². The van der Waals surface area contributed by atoms with E-state index in [0.29, 0.717) is 19.5 Å². The number of rotatable bonds is 3. The SMILES string of the molecule is CSc1ccc([N+](=O)[O-])c(C(=O)N2CCC(N)C(C)(C)C2)c1. The van der Waals surface area contributed by atoms with Crippen molar-refractivity contribution < 1.29 is 9.72 Å². The first kappa shape index (κ1) is 16.8. The van der Waals surface area contributed by atoms with Crippen LogP contribution in [0.3, 0.4) is 0 Å². The Hall–Kier alpha value is -1.60. The van der Waals surface area contributed by atoms with Gasteiger partial charge in [-0.1, -0.05) is 13.8 Å². The molecule has 0 aromatic heterocycles. The fourth-order valence-corrected chi connectivity index (χ4v) is 3.13. The quantitative estimate of drug-likeness (QED) is 0.524. The van der Waals surface area contributed by atoms with Gasteiger partial charge in [-0.2, -0.15) is 0 Å². The Morgan fingerprint density at radius 2 is 2.18 bits per heavy atom. The van der Waals surface area contributed by atoms with E-state index in [9.17, 15) is 14.9 Å². The number of piperidine rings is 1. The number of thioether (sulfide) groups is 1. The molecule has 0 aliphatic carbocycles. The van der Waals surface area contributed by atoms with Gasteiger partial charge in [0.25, 0.3) is 11.6 Å². The van der Waals surface area contributed by atoms with E-state index in [0.717, 1.165) is 4.90 Å². The second kappa shape index (κ2) is 6.26. The molecule has 1 aliphatic rings. The average molecular weight is 323 g/mol. The van der Waals surface area contributed by atoms with Gasteiger partial charge in [-0.3, -0.25) is 14.9 Å². The van der Waals surface area contributed by atoms with Crippen LogP contribution < -0.4 is 5.73 Å². The highest BCUT2D eigenvalue weighted by molar-refractivity contribution is 7.98. The molecule has 1 atom stereocenters. The topological polar surface area (TPSA) is 89.5 Å². The molecule has 1 amide bonds. The van der Waals surface area contributed by atoms with Crippen molar-refractivity contribution in [1.82, 2.24) is 4.90 Å². The maximum Gasteiger partial charge on any atom is 0.282 e. The molecule has 22 heavy (non-hydrogen) atoms. The molecule has 6 nitrogen and oxygen atoms in total. The molecule has 1 aliphatic heterocycles. The number of nitrogens with two attached hydrogens (primary N) is 1. The normalized spacial score (nSPS) is 20.7. The van der Waals surface area contributed by atoms with Crippen LogP contribution in [0.25, 0.3) is 0 Å². The summed E-state index contributed by atoms with van der Waals surface area (Å²) in [6.07, 6.45) is 2.58. The third kappa shape index (κ3) is 3.25. The molecule has 120 valence electrons. The Morgan fingerprint density at radius 1 is 1.50 bits per heavy atom. The third-order valence-corrected chi connectivity index (χ3v) is 4.96. The summed E-state index contributed by atoms with van der Waals surface area (Å²) in [6, 6.07) is 4.70. The zero-order valence-electron chi connectivity index (χ0n) is 13.0. The van der Waals surface area contributed by atoms with Crippen LogP contribution in [0.5, 0.6) is 0 Å². The van der Waals surface area contributed by atoms with Crippen LogP contribution in [0.2, 0.25) is 0 Å². The molecule has 1 heterocycles. The van der Waals surface area contributed by atoms with Crippen LogP contribution in [0.4, 0.5) is 5.69 Å². The van der Waals surface area contributed by atoms with E-state index >= 15 is 0 Å². The molecule has 1 fully saturated rings. The van der Waals surface area contributed by atoms with Crippen molar-refractivity contribution in [2.45, 2.75) is 31.2 Å². The first-order chi connectivity index (χ1) is 10.3. The summed E-state index contributed by atoms with van der Waals surface area (Å²) < 4.78 is 0. The molecular formula is C15H21N3O3S. The van der Waals surface area contributed by atoms with Crippen LogP contribution in [-0.4, -0.2) is 41.1 Å². The van der Waals surface area contributed by atoms with Gasteiger partial charge in [0.15, 0.2) is 0 Å². The van der Waals surface area contributed by atoms with Crippen LogP contribution in [0.15, 0.2) is 23.1 Å². The molecule has 1 saturated heterocycles. The Labute approximate surface area is 134 Å². The van der Waals surface area contributed by atoms with Gasteiger partial charge in [0.2, 0.25) is 0 Å². The number of carbonyl (C=O) groups is 1. The first-order valence-electron chi connectivity index (χ1n) is 7.13. The average Bonchev–Trinajstić information content (AvgIpc) is 2.48. The molecule has 1 aromatic rings. The van der Waals surface area contributed by atoms with Crippen LogP contribution in [0.1, 0.15) is 30.6 Å². The van der Waals surface area contributed by atoms with Crippen molar-refractivity contribution in [1.29, 1.82) is 0 Å². The minimum atomic E-state index is -0.502.